The van der Waals surface area contributed by atoms with E-state index in [1.54, 1.807) is 0 Å². The van der Waals surface area contributed by atoms with Gasteiger partial charge in [-0.05, 0) is 24.0 Å². The van der Waals surface area contributed by atoms with Crippen molar-refractivity contribution in [3.63, 3.8) is 0 Å². The molecule has 2 N–H and O–H groups in total. The van der Waals surface area contributed by atoms with Crippen molar-refractivity contribution < 1.29 is 4.79 Å². The Kier molecular flexibility index (Phi) is 14.5. The van der Waals surface area contributed by atoms with Crippen LogP contribution in [0.1, 0.15) is 32.3 Å². The fraction of sp³-hybridized carbons (Fsp3) is 0.421. The molecule has 0 radical (unpaired) electrons. The summed E-state index contributed by atoms with van der Waals surface area (Å²) in [7, 11) is 0. The lowest BCUT2D eigenvalue weighted by Gasteiger charge is -2.09. The monoisotopic (exact) mass is 302 g/mol. The number of nitrogens with one attached hydrogen (secondary N) is 2. The summed E-state index contributed by atoms with van der Waals surface area (Å²) in [4.78, 5) is 8.00. The molecule has 0 fully saturated rings. The van der Waals surface area contributed by atoms with Crippen molar-refractivity contribution in [2.75, 3.05) is 19.6 Å². The van der Waals surface area contributed by atoms with Gasteiger partial charge in [-0.3, -0.25) is 0 Å². The van der Waals surface area contributed by atoms with Crippen LogP contribution in [0.15, 0.2) is 54.1 Å². The molecule has 3 nitrogen and oxygen atoms in total. The van der Waals surface area contributed by atoms with Crippen molar-refractivity contribution >= 4 is 6.79 Å². The third kappa shape index (κ3) is 10.1. The molecule has 22 heavy (non-hydrogen) atoms. The number of rotatable bonds is 7. The average Bonchev–Trinajstić information content (AvgIpc) is 2.63. The number of carbonyl (C=O) groups is 1. The maximum Gasteiger partial charge on any atom is 0.106 e. The van der Waals surface area contributed by atoms with Gasteiger partial charge in [-0.25, -0.2) is 0 Å². The summed E-state index contributed by atoms with van der Waals surface area (Å²) in [5.74, 6) is 0. The molecule has 122 valence electrons. The predicted octanol–water partition coefficient (Wildman–Crippen LogP) is 3.48. The molecule has 2 rings (SSSR count). The van der Waals surface area contributed by atoms with Gasteiger partial charge in [0.25, 0.3) is 0 Å². The van der Waals surface area contributed by atoms with Gasteiger partial charge in [-0.2, -0.15) is 0 Å². The summed E-state index contributed by atoms with van der Waals surface area (Å²) in [5, 5.41) is 6.90. The molecule has 0 aromatic heterocycles. The van der Waals surface area contributed by atoms with E-state index in [9.17, 15) is 0 Å². The van der Waals surface area contributed by atoms with E-state index in [-0.39, 0.29) is 0 Å². The van der Waals surface area contributed by atoms with E-state index in [0.29, 0.717) is 0 Å². The number of benzene rings is 1. The highest BCUT2D eigenvalue weighted by Crippen LogP contribution is 2.07. The Morgan fingerprint density at radius 1 is 0.955 bits per heavy atom. The fourth-order valence-corrected chi connectivity index (χ4v) is 2.04. The highest BCUT2D eigenvalue weighted by Gasteiger charge is 1.96. The Morgan fingerprint density at radius 3 is 2.18 bits per heavy atom. The summed E-state index contributed by atoms with van der Waals surface area (Å²) >= 11 is 0. The summed E-state index contributed by atoms with van der Waals surface area (Å²) in [6.45, 7) is 9.96. The first-order valence-electron chi connectivity index (χ1n) is 8.05. The van der Waals surface area contributed by atoms with Crippen LogP contribution in [-0.4, -0.2) is 26.4 Å². The van der Waals surface area contributed by atoms with E-state index in [2.05, 4.69) is 59.2 Å². The molecule has 1 aliphatic carbocycles. The van der Waals surface area contributed by atoms with Crippen molar-refractivity contribution in [3.8, 4) is 0 Å². The molecule has 0 atom stereocenters. The summed E-state index contributed by atoms with van der Waals surface area (Å²) in [6, 6.07) is 10.5. The van der Waals surface area contributed by atoms with Gasteiger partial charge in [0, 0.05) is 26.2 Å². The molecule has 1 aromatic rings. The quantitative estimate of drug-likeness (QED) is 0.758. The lowest BCUT2D eigenvalue weighted by Crippen LogP contribution is -2.28. The molecule has 1 aliphatic rings. The molecule has 0 saturated heterocycles. The number of carbonyl (C=O) groups excluding carboxylic acids is 1. The van der Waals surface area contributed by atoms with Gasteiger partial charge in [0.15, 0.2) is 0 Å². The van der Waals surface area contributed by atoms with Crippen molar-refractivity contribution in [3.05, 3.63) is 59.7 Å². The van der Waals surface area contributed by atoms with E-state index in [1.165, 1.54) is 24.0 Å². The van der Waals surface area contributed by atoms with Gasteiger partial charge in [-0.1, -0.05) is 62.4 Å². The van der Waals surface area contributed by atoms with Gasteiger partial charge >= 0.3 is 0 Å². The van der Waals surface area contributed by atoms with Crippen LogP contribution in [0.2, 0.25) is 0 Å². The Hall–Kier alpha value is -1.71. The van der Waals surface area contributed by atoms with Gasteiger partial charge < -0.3 is 15.4 Å². The van der Waals surface area contributed by atoms with Gasteiger partial charge in [0.2, 0.25) is 0 Å². The minimum absolute atomic E-state index is 0.950. The van der Waals surface area contributed by atoms with Crippen molar-refractivity contribution in [1.29, 1.82) is 0 Å². The van der Waals surface area contributed by atoms with E-state index < -0.39 is 0 Å². The van der Waals surface area contributed by atoms with Crippen LogP contribution in [0.25, 0.3) is 0 Å². The van der Waals surface area contributed by atoms with Crippen molar-refractivity contribution in [1.82, 2.24) is 10.6 Å². The molecule has 0 aliphatic heterocycles. The minimum atomic E-state index is 0.950. The van der Waals surface area contributed by atoms with E-state index >= 15 is 0 Å². The highest BCUT2D eigenvalue weighted by molar-refractivity contribution is 5.23. The van der Waals surface area contributed by atoms with Crippen molar-refractivity contribution in [2.45, 2.75) is 33.2 Å². The summed E-state index contributed by atoms with van der Waals surface area (Å²) in [6.07, 6.45) is 9.20. The maximum absolute atomic E-state index is 8.00. The largest absolute Gasteiger partial charge is 0.311 e. The number of hydrogen-bond acceptors (Lipinski definition) is 3. The van der Waals surface area contributed by atoms with E-state index in [4.69, 9.17) is 4.79 Å². The van der Waals surface area contributed by atoms with Crippen LogP contribution in [0.4, 0.5) is 0 Å². The van der Waals surface area contributed by atoms with E-state index in [0.717, 1.165) is 26.2 Å². The zero-order valence-electron chi connectivity index (χ0n) is 14.0. The van der Waals surface area contributed by atoms with Crippen LogP contribution in [-0.2, 0) is 11.3 Å². The standard InChI is InChI=1S/C16H22N2.C2H6.CH2O/c1-3-7-15(8-4-1)13-17-11-12-18-14-16-9-5-2-6-10-16;2*1-2/h1,3-5,7-10,17-18H,2,6,11-14H2;1-2H3;1H2. The van der Waals surface area contributed by atoms with Gasteiger partial charge in [-0.15, -0.1) is 0 Å². The number of allylic oxidation sites excluding steroid dienone is 2. The minimum Gasteiger partial charge on any atom is -0.311 e. The second-order valence-corrected chi connectivity index (χ2v) is 4.60. The molecule has 0 saturated carbocycles. The van der Waals surface area contributed by atoms with Crippen LogP contribution >= 0.6 is 0 Å². The molecule has 0 unspecified atom stereocenters. The molecular formula is C19H30N2O. The second kappa shape index (κ2) is 15.7. The predicted molar refractivity (Wildman–Crippen MR) is 95.9 cm³/mol. The van der Waals surface area contributed by atoms with Gasteiger partial charge in [0.05, 0.1) is 0 Å². The Balaban J connectivity index is 0.00000102. The first-order chi connectivity index (χ1) is 10.9. The summed E-state index contributed by atoms with van der Waals surface area (Å²) in [5.41, 5.74) is 2.76. The third-order valence-electron chi connectivity index (χ3n) is 3.05. The lowest BCUT2D eigenvalue weighted by molar-refractivity contribution is -0.0979. The van der Waals surface area contributed by atoms with Gasteiger partial charge in [0.1, 0.15) is 6.79 Å². The number of hydrogen-bond donors (Lipinski definition) is 2. The van der Waals surface area contributed by atoms with Crippen LogP contribution in [0, 0.1) is 0 Å². The zero-order valence-corrected chi connectivity index (χ0v) is 14.0. The Morgan fingerprint density at radius 2 is 1.59 bits per heavy atom. The molecular weight excluding hydrogens is 272 g/mol. The zero-order chi connectivity index (χ0) is 16.5. The van der Waals surface area contributed by atoms with Crippen LogP contribution in [0.3, 0.4) is 0 Å². The lowest BCUT2D eigenvalue weighted by atomic mass is 10.1. The smallest absolute Gasteiger partial charge is 0.106 e. The Bertz CT molecular complexity index is 413. The Labute approximate surface area is 135 Å². The topological polar surface area (TPSA) is 41.1 Å². The third-order valence-corrected chi connectivity index (χ3v) is 3.05. The van der Waals surface area contributed by atoms with Crippen molar-refractivity contribution in [2.24, 2.45) is 0 Å². The maximum atomic E-state index is 8.00. The SMILES string of the molecule is C1=CC(CNCCNCc2ccccc2)=CCC1.C=O.CC. The molecule has 0 spiro atoms. The average molecular weight is 302 g/mol. The fourth-order valence-electron chi connectivity index (χ4n) is 2.04. The molecule has 0 heterocycles. The highest BCUT2D eigenvalue weighted by atomic mass is 16.1. The summed E-state index contributed by atoms with van der Waals surface area (Å²) < 4.78 is 0. The first-order valence-corrected chi connectivity index (χ1v) is 8.05. The van der Waals surface area contributed by atoms with Crippen LogP contribution in [0.5, 0.6) is 0 Å². The molecule has 3 heteroatoms. The first kappa shape index (κ1) is 20.3. The molecule has 1 aromatic carbocycles. The molecule has 0 bridgehead atoms. The molecule has 0 amide bonds. The van der Waals surface area contributed by atoms with E-state index in [1.807, 2.05) is 20.6 Å². The normalized spacial score (nSPS) is 12.4. The van der Waals surface area contributed by atoms with Crippen LogP contribution < -0.4 is 10.6 Å². The second-order valence-electron chi connectivity index (χ2n) is 4.60.